The quantitative estimate of drug-likeness (QED) is 0.353. The van der Waals surface area contributed by atoms with Crippen LogP contribution in [-0.2, 0) is 6.54 Å². The molecule has 0 unspecified atom stereocenters. The number of hydrazine groups is 1. The zero-order valence-electron chi connectivity index (χ0n) is 19.7. The third-order valence-electron chi connectivity index (χ3n) is 5.23. The summed E-state index contributed by atoms with van der Waals surface area (Å²) >= 11 is 0. The van der Waals surface area contributed by atoms with Crippen LogP contribution in [-0.4, -0.2) is 20.3 Å². The van der Waals surface area contributed by atoms with Gasteiger partial charge in [-0.3, -0.25) is 14.2 Å². The second-order valence-electron chi connectivity index (χ2n) is 7.37. The first-order chi connectivity index (χ1) is 16.4. The van der Waals surface area contributed by atoms with Gasteiger partial charge in [0.1, 0.15) is 0 Å². The Morgan fingerprint density at radius 2 is 1.85 bits per heavy atom. The SMILES string of the molecule is C=C/C=c1/c(=O)n2c(n/c1=C/C)C(=O)c1cc(CN(N)/C=C(\N)c3ccccc3)ccc1-2.CC. The predicted octanol–water partition coefficient (Wildman–Crippen LogP) is 2.20. The first kappa shape index (κ1) is 24.4. The van der Waals surface area contributed by atoms with Crippen LogP contribution in [0.3, 0.4) is 0 Å². The van der Waals surface area contributed by atoms with E-state index in [2.05, 4.69) is 11.6 Å². The maximum Gasteiger partial charge on any atom is 0.266 e. The highest BCUT2D eigenvalue weighted by Crippen LogP contribution is 2.25. The minimum atomic E-state index is -0.304. The minimum Gasteiger partial charge on any atom is -0.397 e. The lowest BCUT2D eigenvalue weighted by Crippen LogP contribution is -2.47. The molecular formula is C27H29N5O2. The monoisotopic (exact) mass is 455 g/mol. The summed E-state index contributed by atoms with van der Waals surface area (Å²) in [6.07, 6.45) is 6.48. The molecule has 3 aromatic rings. The Morgan fingerprint density at radius 3 is 2.50 bits per heavy atom. The van der Waals surface area contributed by atoms with Crippen LogP contribution in [0.2, 0.25) is 0 Å². The molecule has 1 aliphatic rings. The van der Waals surface area contributed by atoms with Crippen molar-refractivity contribution in [2.75, 3.05) is 0 Å². The summed E-state index contributed by atoms with van der Waals surface area (Å²) in [6.45, 7) is 9.76. The number of hydrogen-bond donors (Lipinski definition) is 2. The third kappa shape index (κ3) is 4.60. The normalized spacial score (nSPS) is 13.2. The van der Waals surface area contributed by atoms with Crippen molar-refractivity contribution in [3.8, 4) is 5.69 Å². The van der Waals surface area contributed by atoms with Gasteiger partial charge in [-0.1, -0.05) is 69.0 Å². The van der Waals surface area contributed by atoms with Gasteiger partial charge in [-0.25, -0.2) is 10.8 Å². The molecule has 2 aromatic carbocycles. The molecule has 4 N–H and O–H groups in total. The number of carbonyl (C=O) groups is 1. The summed E-state index contributed by atoms with van der Waals surface area (Å²) in [7, 11) is 0. The van der Waals surface area contributed by atoms with Crippen LogP contribution < -0.4 is 27.7 Å². The van der Waals surface area contributed by atoms with Crippen molar-refractivity contribution < 1.29 is 4.79 Å². The Bertz CT molecular complexity index is 1440. The molecule has 1 aliphatic heterocycles. The van der Waals surface area contributed by atoms with Gasteiger partial charge in [0.15, 0.2) is 5.82 Å². The summed E-state index contributed by atoms with van der Waals surface area (Å²) < 4.78 is 1.36. The van der Waals surface area contributed by atoms with E-state index in [1.165, 1.54) is 15.7 Å². The molecule has 2 heterocycles. The highest BCUT2D eigenvalue weighted by molar-refractivity contribution is 6.12. The van der Waals surface area contributed by atoms with E-state index < -0.39 is 0 Å². The smallest absolute Gasteiger partial charge is 0.266 e. The zero-order chi connectivity index (χ0) is 24.8. The molecule has 34 heavy (non-hydrogen) atoms. The first-order valence-corrected chi connectivity index (χ1v) is 11.1. The molecule has 0 spiro atoms. The van der Waals surface area contributed by atoms with E-state index in [0.29, 0.717) is 34.1 Å². The number of nitrogens with two attached hydrogens (primary N) is 2. The molecule has 0 atom stereocenters. The van der Waals surface area contributed by atoms with Crippen LogP contribution >= 0.6 is 0 Å². The number of aromatic nitrogens is 2. The topological polar surface area (TPSA) is 107 Å². The van der Waals surface area contributed by atoms with Gasteiger partial charge in [0.25, 0.3) is 5.56 Å². The molecule has 0 bridgehead atoms. The fourth-order valence-corrected chi connectivity index (χ4v) is 3.74. The maximum atomic E-state index is 13.1. The molecule has 0 fully saturated rings. The summed E-state index contributed by atoms with van der Waals surface area (Å²) in [5.74, 6) is 5.94. The number of rotatable bonds is 5. The summed E-state index contributed by atoms with van der Waals surface area (Å²) in [6, 6.07) is 14.8. The van der Waals surface area contributed by atoms with Crippen molar-refractivity contribution in [2.24, 2.45) is 11.6 Å². The van der Waals surface area contributed by atoms with Gasteiger partial charge in [-0.2, -0.15) is 0 Å². The van der Waals surface area contributed by atoms with Crippen molar-refractivity contribution >= 4 is 23.6 Å². The highest BCUT2D eigenvalue weighted by Gasteiger charge is 2.30. The van der Waals surface area contributed by atoms with E-state index in [4.69, 9.17) is 11.6 Å². The highest BCUT2D eigenvalue weighted by atomic mass is 16.1. The van der Waals surface area contributed by atoms with Crippen LogP contribution in [0.15, 0.2) is 72.2 Å². The van der Waals surface area contributed by atoms with E-state index in [0.717, 1.165) is 11.1 Å². The van der Waals surface area contributed by atoms with Gasteiger partial charge >= 0.3 is 0 Å². The number of hydrogen-bond acceptors (Lipinski definition) is 6. The van der Waals surface area contributed by atoms with E-state index in [1.54, 1.807) is 37.4 Å². The maximum absolute atomic E-state index is 13.1. The van der Waals surface area contributed by atoms with Crippen LogP contribution in [0.25, 0.3) is 23.5 Å². The summed E-state index contributed by atoms with van der Waals surface area (Å²) in [5.41, 5.74) is 8.95. The molecule has 1 aromatic heterocycles. The second-order valence-corrected chi connectivity index (χ2v) is 7.37. The van der Waals surface area contributed by atoms with Crippen molar-refractivity contribution in [1.82, 2.24) is 14.6 Å². The summed E-state index contributed by atoms with van der Waals surface area (Å²) in [5, 5.41) is 2.31. The number of ketones is 1. The molecule has 174 valence electrons. The molecule has 0 saturated heterocycles. The van der Waals surface area contributed by atoms with Gasteiger partial charge in [-0.05, 0) is 36.3 Å². The molecule has 0 radical (unpaired) electrons. The number of fused-ring (bicyclic) bond motifs is 3. The van der Waals surface area contributed by atoms with Crippen LogP contribution in [0.5, 0.6) is 0 Å². The number of benzene rings is 2. The van der Waals surface area contributed by atoms with Crippen LogP contribution in [0.1, 0.15) is 48.1 Å². The predicted molar refractivity (Wildman–Crippen MR) is 137 cm³/mol. The molecule has 0 aliphatic carbocycles. The zero-order valence-corrected chi connectivity index (χ0v) is 19.7. The van der Waals surface area contributed by atoms with Crippen molar-refractivity contribution in [3.05, 3.63) is 111 Å². The molecule has 0 amide bonds. The molecule has 7 nitrogen and oxygen atoms in total. The van der Waals surface area contributed by atoms with E-state index in [1.807, 2.05) is 50.2 Å². The lowest BCUT2D eigenvalue weighted by Gasteiger charge is -2.16. The van der Waals surface area contributed by atoms with Crippen molar-refractivity contribution in [1.29, 1.82) is 0 Å². The number of carbonyl (C=O) groups excluding carboxylic acids is 1. The van der Waals surface area contributed by atoms with Gasteiger partial charge in [0, 0.05) is 6.20 Å². The Labute approximate surface area is 198 Å². The first-order valence-electron chi connectivity index (χ1n) is 11.1. The standard InChI is InChI=1S/C25H23N5O2.C2H6/c1-3-8-18-21(4-2)28-24-23(31)19-13-16(11-12-22(19)30(24)25(18)32)14-29(27)15-20(26)17-9-6-5-7-10-17;1-2/h3-13,15H,1,14,26-27H2,2H3;1-2H3/b18-8+,20-15-,21-4+;. The molecular weight excluding hydrogens is 426 g/mol. The van der Waals surface area contributed by atoms with E-state index in [-0.39, 0.29) is 17.2 Å². The molecule has 4 rings (SSSR count). The largest absolute Gasteiger partial charge is 0.397 e. The van der Waals surface area contributed by atoms with Crippen molar-refractivity contribution in [3.63, 3.8) is 0 Å². The van der Waals surface area contributed by atoms with Gasteiger partial charge in [-0.15, -0.1) is 0 Å². The van der Waals surface area contributed by atoms with Gasteiger partial charge in [0.2, 0.25) is 5.78 Å². The Morgan fingerprint density at radius 1 is 1.15 bits per heavy atom. The molecule has 7 heteroatoms. The Kier molecular flexibility index (Phi) is 7.60. The summed E-state index contributed by atoms with van der Waals surface area (Å²) in [4.78, 5) is 30.5. The Balaban J connectivity index is 0.00000158. The minimum absolute atomic E-state index is 0.106. The lowest BCUT2D eigenvalue weighted by molar-refractivity contribution is 0.103. The van der Waals surface area contributed by atoms with Crippen LogP contribution in [0.4, 0.5) is 0 Å². The van der Waals surface area contributed by atoms with Gasteiger partial charge < -0.3 is 10.7 Å². The van der Waals surface area contributed by atoms with E-state index in [9.17, 15) is 9.59 Å². The number of allylic oxidation sites excluding steroid dienone is 1. The van der Waals surface area contributed by atoms with E-state index >= 15 is 0 Å². The van der Waals surface area contributed by atoms with Gasteiger partial charge in [0.05, 0.1) is 34.1 Å². The Hall–Kier alpha value is -4.23. The van der Waals surface area contributed by atoms with Crippen LogP contribution in [0, 0.1) is 0 Å². The average molecular weight is 456 g/mol. The average Bonchev–Trinajstić information content (AvgIpc) is 3.13. The number of nitrogens with zero attached hydrogens (tertiary/aromatic N) is 3. The second kappa shape index (κ2) is 10.6. The third-order valence-corrected chi connectivity index (χ3v) is 5.23. The lowest BCUT2D eigenvalue weighted by atomic mass is 10.1. The fraction of sp³-hybridized carbons (Fsp3) is 0.148. The molecule has 0 saturated carbocycles. The fourth-order valence-electron chi connectivity index (χ4n) is 3.74. The van der Waals surface area contributed by atoms with Crippen molar-refractivity contribution in [2.45, 2.75) is 27.3 Å².